The molecule has 0 saturated carbocycles. The van der Waals surface area contributed by atoms with Crippen LogP contribution in [-0.4, -0.2) is 31.1 Å². The van der Waals surface area contributed by atoms with Crippen molar-refractivity contribution in [3.8, 4) is 17.5 Å². The lowest BCUT2D eigenvalue weighted by Crippen LogP contribution is -2.34. The first-order valence-corrected chi connectivity index (χ1v) is 11.1. The molecule has 0 bridgehead atoms. The van der Waals surface area contributed by atoms with E-state index in [0.29, 0.717) is 16.5 Å². The minimum atomic E-state index is -0.0740. The van der Waals surface area contributed by atoms with Gasteiger partial charge in [0.05, 0.1) is 17.2 Å². The molecular weight excluding hydrogens is 408 g/mol. The van der Waals surface area contributed by atoms with Gasteiger partial charge in [-0.05, 0) is 35.2 Å². The van der Waals surface area contributed by atoms with Crippen LogP contribution in [0.5, 0.6) is 5.88 Å². The molecular formula is C24H20N4O2S. The van der Waals surface area contributed by atoms with E-state index in [1.165, 1.54) is 27.0 Å². The SMILES string of the molecule is Oc1c([C@@H](c2ccccc2)N2CCc3ccccc3C2)sc2nc(-c3ccco3)nn12. The smallest absolute Gasteiger partial charge is 0.230 e. The number of fused-ring (bicyclic) bond motifs is 2. The van der Waals surface area contributed by atoms with Gasteiger partial charge in [-0.25, -0.2) is 0 Å². The van der Waals surface area contributed by atoms with Gasteiger partial charge in [0.2, 0.25) is 16.7 Å². The van der Waals surface area contributed by atoms with E-state index in [0.717, 1.165) is 30.0 Å². The first-order valence-electron chi connectivity index (χ1n) is 10.3. The Balaban J connectivity index is 1.44. The molecule has 31 heavy (non-hydrogen) atoms. The summed E-state index contributed by atoms with van der Waals surface area (Å²) in [5, 5.41) is 15.7. The van der Waals surface area contributed by atoms with E-state index >= 15 is 0 Å². The number of aromatic nitrogens is 3. The van der Waals surface area contributed by atoms with Crippen molar-refractivity contribution in [3.05, 3.63) is 94.6 Å². The highest BCUT2D eigenvalue weighted by Gasteiger charge is 2.31. The Morgan fingerprint density at radius 1 is 0.968 bits per heavy atom. The van der Waals surface area contributed by atoms with Gasteiger partial charge in [-0.3, -0.25) is 4.90 Å². The molecule has 0 saturated heterocycles. The summed E-state index contributed by atoms with van der Waals surface area (Å²) < 4.78 is 6.93. The Morgan fingerprint density at radius 2 is 1.77 bits per heavy atom. The van der Waals surface area contributed by atoms with Gasteiger partial charge >= 0.3 is 0 Å². The molecule has 1 N–H and O–H groups in total. The Morgan fingerprint density at radius 3 is 2.55 bits per heavy atom. The number of hydrogen-bond acceptors (Lipinski definition) is 6. The van der Waals surface area contributed by atoms with E-state index in [1.807, 2.05) is 24.3 Å². The summed E-state index contributed by atoms with van der Waals surface area (Å²) in [6, 6.07) is 22.5. The molecule has 0 spiro atoms. The maximum atomic E-state index is 11.2. The lowest BCUT2D eigenvalue weighted by atomic mass is 9.96. The van der Waals surface area contributed by atoms with Crippen LogP contribution in [0.3, 0.4) is 0 Å². The maximum Gasteiger partial charge on any atom is 0.230 e. The van der Waals surface area contributed by atoms with E-state index in [-0.39, 0.29) is 11.9 Å². The fraction of sp³-hybridized carbons (Fsp3) is 0.167. The van der Waals surface area contributed by atoms with Crippen LogP contribution in [0.4, 0.5) is 0 Å². The van der Waals surface area contributed by atoms with E-state index < -0.39 is 0 Å². The molecule has 0 radical (unpaired) electrons. The minimum absolute atomic E-state index is 0.0740. The van der Waals surface area contributed by atoms with E-state index in [9.17, 15) is 5.11 Å². The van der Waals surface area contributed by atoms with Crippen LogP contribution in [0.1, 0.15) is 27.6 Å². The molecule has 0 aliphatic carbocycles. The van der Waals surface area contributed by atoms with Gasteiger partial charge in [0, 0.05) is 13.1 Å². The highest BCUT2D eigenvalue weighted by molar-refractivity contribution is 7.17. The van der Waals surface area contributed by atoms with Crippen LogP contribution in [0, 0.1) is 0 Å². The van der Waals surface area contributed by atoms with Gasteiger partial charge in [-0.15, -0.1) is 5.10 Å². The molecule has 1 aliphatic heterocycles. The van der Waals surface area contributed by atoms with E-state index in [4.69, 9.17) is 4.42 Å². The summed E-state index contributed by atoms with van der Waals surface area (Å²) >= 11 is 1.48. The van der Waals surface area contributed by atoms with Crippen molar-refractivity contribution in [2.24, 2.45) is 0 Å². The first kappa shape index (κ1) is 18.4. The monoisotopic (exact) mass is 428 g/mol. The van der Waals surface area contributed by atoms with Crippen molar-refractivity contribution < 1.29 is 9.52 Å². The number of hydrogen-bond donors (Lipinski definition) is 1. The Kier molecular flexibility index (Phi) is 4.36. The summed E-state index contributed by atoms with van der Waals surface area (Å²) in [5.41, 5.74) is 3.89. The van der Waals surface area contributed by atoms with Crippen molar-refractivity contribution >= 4 is 16.3 Å². The number of furan rings is 1. The molecule has 3 aromatic heterocycles. The molecule has 6 rings (SSSR count). The van der Waals surface area contributed by atoms with Crippen LogP contribution < -0.4 is 0 Å². The predicted octanol–water partition coefficient (Wildman–Crippen LogP) is 4.90. The van der Waals surface area contributed by atoms with Gasteiger partial charge in [0.1, 0.15) is 0 Å². The normalized spacial score (nSPS) is 15.2. The van der Waals surface area contributed by atoms with Crippen molar-refractivity contribution in [1.29, 1.82) is 0 Å². The molecule has 0 unspecified atom stereocenters. The third kappa shape index (κ3) is 3.13. The molecule has 2 aromatic carbocycles. The minimum Gasteiger partial charge on any atom is -0.492 e. The van der Waals surface area contributed by atoms with Gasteiger partial charge in [-0.1, -0.05) is 65.9 Å². The van der Waals surface area contributed by atoms with Crippen molar-refractivity contribution in [2.75, 3.05) is 6.54 Å². The summed E-state index contributed by atoms with van der Waals surface area (Å²) in [4.78, 5) is 8.52. The first-order chi connectivity index (χ1) is 15.3. The lowest BCUT2D eigenvalue weighted by Gasteiger charge is -2.35. The van der Waals surface area contributed by atoms with Crippen LogP contribution in [0.25, 0.3) is 16.5 Å². The largest absolute Gasteiger partial charge is 0.492 e. The number of thiazole rings is 1. The second-order valence-corrected chi connectivity index (χ2v) is 8.71. The third-order valence-electron chi connectivity index (χ3n) is 5.83. The van der Waals surface area contributed by atoms with Gasteiger partial charge in [-0.2, -0.15) is 9.50 Å². The molecule has 1 atom stereocenters. The van der Waals surface area contributed by atoms with Crippen LogP contribution >= 0.6 is 11.3 Å². The van der Waals surface area contributed by atoms with E-state index in [1.54, 1.807) is 12.3 Å². The summed E-state index contributed by atoms with van der Waals surface area (Å²) in [6.07, 6.45) is 2.58. The number of aromatic hydroxyl groups is 1. The fourth-order valence-electron chi connectivity index (χ4n) is 4.34. The number of benzene rings is 2. The zero-order valence-corrected chi connectivity index (χ0v) is 17.5. The molecule has 1 aliphatic rings. The Labute approximate surface area is 183 Å². The zero-order valence-electron chi connectivity index (χ0n) is 16.7. The molecule has 5 aromatic rings. The Bertz CT molecular complexity index is 1340. The predicted molar refractivity (Wildman–Crippen MR) is 119 cm³/mol. The average Bonchev–Trinajstić information content (AvgIpc) is 3.54. The van der Waals surface area contributed by atoms with Gasteiger partial charge in [0.25, 0.3) is 0 Å². The molecule has 6 nitrogen and oxygen atoms in total. The van der Waals surface area contributed by atoms with Crippen LogP contribution in [0.15, 0.2) is 77.4 Å². The van der Waals surface area contributed by atoms with E-state index in [2.05, 4.69) is 51.4 Å². The average molecular weight is 429 g/mol. The highest BCUT2D eigenvalue weighted by atomic mass is 32.1. The fourth-order valence-corrected chi connectivity index (χ4v) is 5.46. The molecule has 154 valence electrons. The van der Waals surface area contributed by atoms with Crippen LogP contribution in [-0.2, 0) is 13.0 Å². The number of rotatable bonds is 4. The summed E-state index contributed by atoms with van der Waals surface area (Å²) in [5.74, 6) is 1.20. The van der Waals surface area contributed by atoms with Gasteiger partial charge < -0.3 is 9.52 Å². The molecule has 4 heterocycles. The second-order valence-electron chi connectivity index (χ2n) is 7.70. The highest BCUT2D eigenvalue weighted by Crippen LogP contribution is 2.42. The standard InChI is InChI=1S/C24H20N4O2S/c29-23-21(31-24-25-22(26-28(23)24)19-11-6-14-30-19)20(17-8-2-1-3-9-17)27-13-12-16-7-4-5-10-18(16)15-27/h1-11,14,20,29H,12-13,15H2/t20-/m1/s1. The second kappa shape index (κ2) is 7.37. The summed E-state index contributed by atoms with van der Waals surface area (Å²) in [7, 11) is 0. The van der Waals surface area contributed by atoms with Gasteiger partial charge in [0.15, 0.2) is 5.76 Å². The third-order valence-corrected chi connectivity index (χ3v) is 6.90. The van der Waals surface area contributed by atoms with Crippen molar-refractivity contribution in [2.45, 2.75) is 19.0 Å². The Hall–Kier alpha value is -3.42. The van der Waals surface area contributed by atoms with Crippen molar-refractivity contribution in [3.63, 3.8) is 0 Å². The zero-order chi connectivity index (χ0) is 20.8. The van der Waals surface area contributed by atoms with Crippen LogP contribution in [0.2, 0.25) is 0 Å². The topological polar surface area (TPSA) is 66.8 Å². The molecule has 0 amide bonds. The maximum absolute atomic E-state index is 11.2. The molecule has 0 fully saturated rings. The number of nitrogens with zero attached hydrogens (tertiary/aromatic N) is 4. The lowest BCUT2D eigenvalue weighted by molar-refractivity contribution is 0.205. The quantitative estimate of drug-likeness (QED) is 0.441. The van der Waals surface area contributed by atoms with Crippen molar-refractivity contribution in [1.82, 2.24) is 19.5 Å². The summed E-state index contributed by atoms with van der Waals surface area (Å²) in [6.45, 7) is 1.75. The molecule has 7 heteroatoms.